The largest absolute Gasteiger partial charge is 0.507 e. The van der Waals surface area contributed by atoms with E-state index in [2.05, 4.69) is 46.9 Å². The van der Waals surface area contributed by atoms with E-state index >= 15 is 0 Å². The molecule has 2 aromatic carbocycles. The van der Waals surface area contributed by atoms with Gasteiger partial charge >= 0.3 is 5.97 Å². The lowest BCUT2D eigenvalue weighted by Gasteiger charge is -2.30. The SMILES string of the molecule is CCOC(=O)C(NCc1ccc(OC)c(OC)c1)c1cc(C(C)(C)C)c(O)c(C(C)(C)C)c1. The molecule has 0 fully saturated rings. The van der Waals surface area contributed by atoms with Crippen LogP contribution < -0.4 is 14.8 Å². The molecule has 0 amide bonds. The van der Waals surface area contributed by atoms with Crippen molar-refractivity contribution in [1.82, 2.24) is 5.32 Å². The van der Waals surface area contributed by atoms with Gasteiger partial charge in [-0.25, -0.2) is 4.79 Å². The summed E-state index contributed by atoms with van der Waals surface area (Å²) in [5, 5.41) is 14.4. The van der Waals surface area contributed by atoms with E-state index in [9.17, 15) is 9.90 Å². The minimum Gasteiger partial charge on any atom is -0.507 e. The number of benzene rings is 2. The van der Waals surface area contributed by atoms with E-state index in [-0.39, 0.29) is 29.2 Å². The summed E-state index contributed by atoms with van der Waals surface area (Å²) >= 11 is 0. The number of hydrogen-bond acceptors (Lipinski definition) is 6. The van der Waals surface area contributed by atoms with Crippen molar-refractivity contribution in [3.63, 3.8) is 0 Å². The lowest BCUT2D eigenvalue weighted by molar-refractivity contribution is -0.145. The van der Waals surface area contributed by atoms with Crippen molar-refractivity contribution in [2.24, 2.45) is 0 Å². The first-order chi connectivity index (χ1) is 15.3. The van der Waals surface area contributed by atoms with Crippen LogP contribution >= 0.6 is 0 Å². The Morgan fingerprint density at radius 3 is 1.94 bits per heavy atom. The summed E-state index contributed by atoms with van der Waals surface area (Å²) in [6.07, 6.45) is 0. The fraction of sp³-hybridized carbons (Fsp3) is 0.519. The number of nitrogens with one attached hydrogen (secondary N) is 1. The quantitative estimate of drug-likeness (QED) is 0.517. The van der Waals surface area contributed by atoms with Crippen LogP contribution in [0.4, 0.5) is 0 Å². The molecule has 182 valence electrons. The Bertz CT molecular complexity index is 934. The van der Waals surface area contributed by atoms with E-state index in [1.807, 2.05) is 30.3 Å². The normalized spacial score (nSPS) is 12.9. The summed E-state index contributed by atoms with van der Waals surface area (Å²) in [7, 11) is 3.19. The van der Waals surface area contributed by atoms with Crippen LogP contribution in [0.5, 0.6) is 17.2 Å². The highest BCUT2D eigenvalue weighted by Gasteiger charge is 2.30. The van der Waals surface area contributed by atoms with E-state index in [0.717, 1.165) is 22.3 Å². The summed E-state index contributed by atoms with van der Waals surface area (Å²) < 4.78 is 16.1. The molecule has 0 radical (unpaired) electrons. The van der Waals surface area contributed by atoms with E-state index < -0.39 is 6.04 Å². The van der Waals surface area contributed by atoms with Crippen LogP contribution in [0.25, 0.3) is 0 Å². The number of carbonyl (C=O) groups is 1. The number of phenols is 1. The van der Waals surface area contributed by atoms with Crippen LogP contribution in [0.3, 0.4) is 0 Å². The van der Waals surface area contributed by atoms with Crippen molar-refractivity contribution in [3.8, 4) is 17.2 Å². The fourth-order valence-electron chi connectivity index (χ4n) is 3.74. The predicted octanol–water partition coefficient (Wildman–Crippen LogP) is 5.40. The molecule has 0 bridgehead atoms. The van der Waals surface area contributed by atoms with Gasteiger partial charge in [-0.1, -0.05) is 47.6 Å². The summed E-state index contributed by atoms with van der Waals surface area (Å²) in [5.41, 5.74) is 2.69. The molecule has 1 unspecified atom stereocenters. The first-order valence-corrected chi connectivity index (χ1v) is 11.3. The topological polar surface area (TPSA) is 77.0 Å². The molecule has 0 aliphatic heterocycles. The highest BCUT2D eigenvalue weighted by Crippen LogP contribution is 2.41. The number of phenolic OH excluding ortho intramolecular Hbond substituents is 1. The molecular weight excluding hydrogens is 418 g/mol. The van der Waals surface area contributed by atoms with Crippen molar-refractivity contribution in [1.29, 1.82) is 0 Å². The number of hydrogen-bond donors (Lipinski definition) is 2. The van der Waals surface area contributed by atoms with Gasteiger partial charge in [0.1, 0.15) is 11.8 Å². The molecule has 6 nitrogen and oxygen atoms in total. The monoisotopic (exact) mass is 457 g/mol. The first kappa shape index (κ1) is 26.5. The van der Waals surface area contributed by atoms with Crippen LogP contribution in [0.15, 0.2) is 30.3 Å². The van der Waals surface area contributed by atoms with Crippen molar-refractivity contribution in [2.45, 2.75) is 71.9 Å². The molecular formula is C27H39NO5. The molecule has 0 heterocycles. The third-order valence-corrected chi connectivity index (χ3v) is 5.56. The number of rotatable bonds is 8. The van der Waals surface area contributed by atoms with E-state index in [0.29, 0.717) is 18.0 Å². The van der Waals surface area contributed by atoms with Gasteiger partial charge in [0, 0.05) is 6.54 Å². The molecule has 6 heteroatoms. The van der Waals surface area contributed by atoms with Crippen LogP contribution in [0.1, 0.15) is 76.8 Å². The van der Waals surface area contributed by atoms with Gasteiger partial charge in [-0.3, -0.25) is 5.32 Å². The third kappa shape index (κ3) is 6.41. The van der Waals surface area contributed by atoms with Gasteiger partial charge in [0.25, 0.3) is 0 Å². The van der Waals surface area contributed by atoms with Crippen LogP contribution in [-0.4, -0.2) is 31.9 Å². The van der Waals surface area contributed by atoms with Gasteiger partial charge in [-0.05, 0) is 64.3 Å². The molecule has 0 aliphatic rings. The minimum absolute atomic E-state index is 0.279. The van der Waals surface area contributed by atoms with E-state index in [1.165, 1.54) is 0 Å². The third-order valence-electron chi connectivity index (χ3n) is 5.56. The Balaban J connectivity index is 2.52. The number of esters is 1. The molecule has 0 saturated carbocycles. The zero-order valence-electron chi connectivity index (χ0n) is 21.5. The van der Waals surface area contributed by atoms with Crippen molar-refractivity contribution >= 4 is 5.97 Å². The Labute approximate surface area is 198 Å². The van der Waals surface area contributed by atoms with Crippen molar-refractivity contribution < 1.29 is 24.1 Å². The summed E-state index contributed by atoms with van der Waals surface area (Å²) in [6, 6.07) is 8.77. The Morgan fingerprint density at radius 2 is 1.48 bits per heavy atom. The molecule has 0 spiro atoms. The summed E-state index contributed by atoms with van der Waals surface area (Å²) in [6.45, 7) is 14.8. The maximum atomic E-state index is 13.0. The smallest absolute Gasteiger partial charge is 0.327 e. The molecule has 0 aromatic heterocycles. The molecule has 0 aliphatic carbocycles. The molecule has 33 heavy (non-hydrogen) atoms. The lowest BCUT2D eigenvalue weighted by atomic mass is 9.77. The highest BCUT2D eigenvalue weighted by atomic mass is 16.5. The summed E-state index contributed by atoms with van der Waals surface area (Å²) in [4.78, 5) is 13.0. The maximum Gasteiger partial charge on any atom is 0.327 e. The molecule has 1 atom stereocenters. The second-order valence-electron chi connectivity index (χ2n) is 10.2. The highest BCUT2D eigenvalue weighted by molar-refractivity contribution is 5.78. The van der Waals surface area contributed by atoms with Crippen LogP contribution in [0, 0.1) is 0 Å². The number of aromatic hydroxyl groups is 1. The zero-order valence-corrected chi connectivity index (χ0v) is 21.5. The van der Waals surface area contributed by atoms with E-state index in [4.69, 9.17) is 14.2 Å². The average Bonchev–Trinajstić information content (AvgIpc) is 2.73. The summed E-state index contributed by atoms with van der Waals surface area (Å²) in [5.74, 6) is 1.19. The predicted molar refractivity (Wildman–Crippen MR) is 131 cm³/mol. The van der Waals surface area contributed by atoms with Gasteiger partial charge in [-0.15, -0.1) is 0 Å². The fourth-order valence-corrected chi connectivity index (χ4v) is 3.74. The van der Waals surface area contributed by atoms with Crippen LogP contribution in [0.2, 0.25) is 0 Å². The lowest BCUT2D eigenvalue weighted by Crippen LogP contribution is -2.31. The number of ether oxygens (including phenoxy) is 3. The van der Waals surface area contributed by atoms with Gasteiger partial charge in [0.2, 0.25) is 0 Å². The zero-order chi connectivity index (χ0) is 25.0. The molecule has 2 N–H and O–H groups in total. The van der Waals surface area contributed by atoms with Gasteiger partial charge in [0.15, 0.2) is 11.5 Å². The van der Waals surface area contributed by atoms with Gasteiger partial charge in [0.05, 0.1) is 20.8 Å². The minimum atomic E-state index is -0.694. The van der Waals surface area contributed by atoms with E-state index in [1.54, 1.807) is 21.1 Å². The maximum absolute atomic E-state index is 13.0. The molecule has 2 aromatic rings. The number of carbonyl (C=O) groups excluding carboxylic acids is 1. The standard InChI is InChI=1S/C27H39NO5/c1-10-33-25(30)23(28-16-17-11-12-21(31-8)22(13-17)32-9)18-14-19(26(2,3)4)24(29)20(15-18)27(5,6)7/h11-15,23,28-29H,10,16H2,1-9H3. The van der Waals surface area contributed by atoms with Gasteiger partial charge < -0.3 is 19.3 Å². The van der Waals surface area contributed by atoms with Crippen molar-refractivity contribution in [3.05, 3.63) is 52.6 Å². The average molecular weight is 458 g/mol. The second-order valence-corrected chi connectivity index (χ2v) is 10.2. The Kier molecular flexibility index (Phi) is 8.41. The second kappa shape index (κ2) is 10.5. The van der Waals surface area contributed by atoms with Crippen LogP contribution in [-0.2, 0) is 26.9 Å². The first-order valence-electron chi connectivity index (χ1n) is 11.3. The number of methoxy groups -OCH3 is 2. The molecule has 0 saturated heterocycles. The molecule has 2 rings (SSSR count). The Hall–Kier alpha value is -2.73. The van der Waals surface area contributed by atoms with Gasteiger partial charge in [-0.2, -0.15) is 0 Å². The van der Waals surface area contributed by atoms with Crippen molar-refractivity contribution in [2.75, 3.05) is 20.8 Å². The Morgan fingerprint density at radius 1 is 0.939 bits per heavy atom.